The first-order valence-corrected chi connectivity index (χ1v) is 11.3. The van der Waals surface area contributed by atoms with Crippen molar-refractivity contribution in [1.29, 1.82) is 0 Å². The number of sulfone groups is 1. The third kappa shape index (κ3) is 3.94. The molecule has 1 heterocycles. The Kier molecular flexibility index (Phi) is 5.58. The zero-order chi connectivity index (χ0) is 21.5. The number of nitrogens with zero attached hydrogens (tertiary/aromatic N) is 1. The number of Topliss-reactive ketones (excluding diaryl/α,β-unsaturated/α-hetero) is 3. The van der Waals surface area contributed by atoms with E-state index in [0.29, 0.717) is 17.7 Å². The van der Waals surface area contributed by atoms with Crippen LogP contribution >= 0.6 is 0 Å². The second-order valence-electron chi connectivity index (χ2n) is 7.63. The molecule has 1 fully saturated rings. The minimum atomic E-state index is -3.63. The Morgan fingerprint density at radius 1 is 1.17 bits per heavy atom. The standard InChI is InChI=1S/C21H23NO6S/c1-5-13-9-15(23)20(16(24)10-13)21(25)14-6-7-18(29(4,26)27)19(12(14)3)17-8-11(2)22-28-17/h6-8,13,20H,5,9-10H2,1-4H3. The average Bonchev–Trinajstić information content (AvgIpc) is 3.05. The third-order valence-corrected chi connectivity index (χ3v) is 6.57. The van der Waals surface area contributed by atoms with Crippen LogP contribution in [0.5, 0.6) is 0 Å². The lowest BCUT2D eigenvalue weighted by Crippen LogP contribution is -2.38. The molecule has 0 N–H and O–H groups in total. The average molecular weight is 417 g/mol. The highest BCUT2D eigenvalue weighted by atomic mass is 32.2. The van der Waals surface area contributed by atoms with Crippen LogP contribution < -0.4 is 0 Å². The van der Waals surface area contributed by atoms with Crippen LogP contribution in [-0.4, -0.2) is 37.2 Å². The molecule has 0 saturated heterocycles. The summed E-state index contributed by atoms with van der Waals surface area (Å²) >= 11 is 0. The van der Waals surface area contributed by atoms with Crippen LogP contribution in [0.15, 0.2) is 27.6 Å². The van der Waals surface area contributed by atoms with E-state index in [1.807, 2.05) is 6.92 Å². The lowest BCUT2D eigenvalue weighted by atomic mass is 9.75. The van der Waals surface area contributed by atoms with Crippen molar-refractivity contribution in [3.05, 3.63) is 35.0 Å². The van der Waals surface area contributed by atoms with Gasteiger partial charge in [-0.2, -0.15) is 0 Å². The summed E-state index contributed by atoms with van der Waals surface area (Å²) in [4.78, 5) is 38.2. The molecular weight excluding hydrogens is 394 g/mol. The quantitative estimate of drug-likeness (QED) is 0.543. The van der Waals surface area contributed by atoms with Gasteiger partial charge in [-0.25, -0.2) is 8.42 Å². The first-order chi connectivity index (χ1) is 13.5. The first-order valence-electron chi connectivity index (χ1n) is 9.41. The maximum Gasteiger partial charge on any atom is 0.181 e. The predicted octanol–water partition coefficient (Wildman–Crippen LogP) is 3.12. The first kappa shape index (κ1) is 21.1. The van der Waals surface area contributed by atoms with Gasteiger partial charge in [0.25, 0.3) is 0 Å². The summed E-state index contributed by atoms with van der Waals surface area (Å²) in [6.45, 7) is 5.19. The Labute approximate surface area is 169 Å². The highest BCUT2D eigenvalue weighted by Gasteiger charge is 2.40. The van der Waals surface area contributed by atoms with Gasteiger partial charge in [0.1, 0.15) is 5.92 Å². The molecule has 154 valence electrons. The van der Waals surface area contributed by atoms with Gasteiger partial charge < -0.3 is 4.52 Å². The highest BCUT2D eigenvalue weighted by Crippen LogP contribution is 2.35. The third-order valence-electron chi connectivity index (χ3n) is 5.43. The lowest BCUT2D eigenvalue weighted by Gasteiger charge is -2.25. The van der Waals surface area contributed by atoms with Crippen LogP contribution in [0.1, 0.15) is 47.8 Å². The number of carbonyl (C=O) groups excluding carboxylic acids is 3. The molecule has 0 atom stereocenters. The highest BCUT2D eigenvalue weighted by molar-refractivity contribution is 7.90. The number of ketones is 3. The van der Waals surface area contributed by atoms with Gasteiger partial charge in [-0.15, -0.1) is 0 Å². The summed E-state index contributed by atoms with van der Waals surface area (Å²) in [5.41, 5.74) is 1.26. The maximum absolute atomic E-state index is 13.1. The van der Waals surface area contributed by atoms with Gasteiger partial charge in [-0.1, -0.05) is 18.5 Å². The molecule has 3 rings (SSSR count). The Hall–Kier alpha value is -2.61. The number of carbonyl (C=O) groups is 3. The molecule has 1 aliphatic carbocycles. The van der Waals surface area contributed by atoms with Crippen molar-refractivity contribution in [1.82, 2.24) is 5.16 Å². The van der Waals surface area contributed by atoms with Crippen LogP contribution in [0.2, 0.25) is 0 Å². The minimum Gasteiger partial charge on any atom is -0.356 e. The Morgan fingerprint density at radius 2 is 1.79 bits per heavy atom. The molecule has 0 spiro atoms. The van der Waals surface area contributed by atoms with E-state index in [1.54, 1.807) is 19.9 Å². The van der Waals surface area contributed by atoms with Crippen molar-refractivity contribution >= 4 is 27.2 Å². The van der Waals surface area contributed by atoms with Crippen molar-refractivity contribution in [3.8, 4) is 11.3 Å². The largest absolute Gasteiger partial charge is 0.356 e. The number of rotatable bonds is 5. The molecule has 0 bridgehead atoms. The van der Waals surface area contributed by atoms with E-state index in [2.05, 4.69) is 5.16 Å². The molecule has 1 aromatic heterocycles. The van der Waals surface area contributed by atoms with Gasteiger partial charge in [0, 0.05) is 36.3 Å². The summed E-state index contributed by atoms with van der Waals surface area (Å²) in [6.07, 6.45) is 2.17. The molecule has 29 heavy (non-hydrogen) atoms. The molecule has 1 aromatic carbocycles. The van der Waals surface area contributed by atoms with Crippen molar-refractivity contribution < 1.29 is 27.3 Å². The second-order valence-corrected chi connectivity index (χ2v) is 9.61. The van der Waals surface area contributed by atoms with E-state index in [1.165, 1.54) is 12.1 Å². The fraction of sp³-hybridized carbons (Fsp3) is 0.429. The number of aryl methyl sites for hydroxylation is 1. The van der Waals surface area contributed by atoms with Gasteiger partial charge >= 0.3 is 0 Å². The predicted molar refractivity (Wildman–Crippen MR) is 105 cm³/mol. The fourth-order valence-corrected chi connectivity index (χ4v) is 4.78. The summed E-state index contributed by atoms with van der Waals surface area (Å²) in [6, 6.07) is 4.26. The monoisotopic (exact) mass is 417 g/mol. The molecule has 7 nitrogen and oxygen atoms in total. The molecule has 0 radical (unpaired) electrons. The summed E-state index contributed by atoms with van der Waals surface area (Å²) in [7, 11) is -3.63. The number of benzene rings is 1. The summed E-state index contributed by atoms with van der Waals surface area (Å²) in [5.74, 6) is -2.49. The van der Waals surface area contributed by atoms with Crippen LogP contribution in [0.25, 0.3) is 11.3 Å². The number of hydrogen-bond donors (Lipinski definition) is 0. The Bertz CT molecular complexity index is 1090. The smallest absolute Gasteiger partial charge is 0.181 e. The molecule has 1 aliphatic rings. The number of hydrogen-bond acceptors (Lipinski definition) is 7. The van der Waals surface area contributed by atoms with Crippen molar-refractivity contribution in [2.45, 2.75) is 44.9 Å². The van der Waals surface area contributed by atoms with Crippen LogP contribution in [-0.2, 0) is 19.4 Å². The lowest BCUT2D eigenvalue weighted by molar-refractivity contribution is -0.135. The normalized spacial score (nSPS) is 20.1. The van der Waals surface area contributed by atoms with E-state index < -0.39 is 21.5 Å². The molecule has 8 heteroatoms. The Morgan fingerprint density at radius 3 is 2.28 bits per heavy atom. The SMILES string of the molecule is CCC1CC(=O)C(C(=O)c2ccc(S(C)(=O)=O)c(-c3cc(C)no3)c2C)C(=O)C1. The minimum absolute atomic E-state index is 0.00459. The molecule has 2 aromatic rings. The van der Waals surface area contributed by atoms with Crippen molar-refractivity contribution in [3.63, 3.8) is 0 Å². The van der Waals surface area contributed by atoms with E-state index >= 15 is 0 Å². The van der Waals surface area contributed by atoms with Gasteiger partial charge in [0.2, 0.25) is 0 Å². The molecule has 1 saturated carbocycles. The topological polar surface area (TPSA) is 111 Å². The van der Waals surface area contributed by atoms with Gasteiger partial charge in [0.05, 0.1) is 10.6 Å². The zero-order valence-corrected chi connectivity index (χ0v) is 17.6. The molecule has 0 aliphatic heterocycles. The molecule has 0 unspecified atom stereocenters. The van der Waals surface area contributed by atoms with Gasteiger partial charge in [-0.3, -0.25) is 14.4 Å². The van der Waals surface area contributed by atoms with Crippen LogP contribution in [0.4, 0.5) is 0 Å². The maximum atomic E-state index is 13.1. The van der Waals surface area contributed by atoms with E-state index in [9.17, 15) is 22.8 Å². The van der Waals surface area contributed by atoms with Crippen LogP contribution in [0.3, 0.4) is 0 Å². The summed E-state index contributed by atoms with van der Waals surface area (Å²) < 4.78 is 29.8. The van der Waals surface area contributed by atoms with E-state index in [0.717, 1.165) is 6.26 Å². The number of aromatic nitrogens is 1. The molecule has 0 amide bonds. The molecular formula is C21H23NO6S. The fourth-order valence-electron chi connectivity index (χ4n) is 3.84. The Balaban J connectivity index is 2.13. The van der Waals surface area contributed by atoms with E-state index in [4.69, 9.17) is 4.52 Å². The van der Waals surface area contributed by atoms with Gasteiger partial charge in [0.15, 0.2) is 32.9 Å². The second kappa shape index (κ2) is 7.67. The summed E-state index contributed by atoms with van der Waals surface area (Å²) in [5, 5.41) is 3.80. The van der Waals surface area contributed by atoms with E-state index in [-0.39, 0.29) is 52.1 Å². The van der Waals surface area contributed by atoms with Crippen molar-refractivity contribution in [2.75, 3.05) is 6.26 Å². The van der Waals surface area contributed by atoms with Gasteiger partial charge in [-0.05, 0) is 37.5 Å². The van der Waals surface area contributed by atoms with Crippen molar-refractivity contribution in [2.24, 2.45) is 11.8 Å². The van der Waals surface area contributed by atoms with Crippen LogP contribution in [0, 0.1) is 25.7 Å². The zero-order valence-electron chi connectivity index (χ0n) is 16.8.